The standard InChI is InChI=1S/C13H12N4O2/c1-8-10(7-14)12(17-16-8)15-13(18)9-5-3-4-6-11(9)19-2/h3-6H,1-2H3,(H2,15,16,17,18). The first-order valence-corrected chi connectivity index (χ1v) is 5.56. The van der Waals surface area contributed by atoms with Gasteiger partial charge in [0.2, 0.25) is 0 Å². The van der Waals surface area contributed by atoms with Crippen molar-refractivity contribution in [2.45, 2.75) is 6.92 Å². The van der Waals surface area contributed by atoms with Gasteiger partial charge < -0.3 is 10.1 Å². The van der Waals surface area contributed by atoms with E-state index in [1.54, 1.807) is 31.2 Å². The lowest BCUT2D eigenvalue weighted by Gasteiger charge is -2.07. The van der Waals surface area contributed by atoms with Gasteiger partial charge in [0.15, 0.2) is 5.82 Å². The molecule has 19 heavy (non-hydrogen) atoms. The Labute approximate surface area is 110 Å². The molecule has 1 aromatic heterocycles. The highest BCUT2D eigenvalue weighted by molar-refractivity contribution is 6.06. The first-order chi connectivity index (χ1) is 9.17. The largest absolute Gasteiger partial charge is 0.496 e. The Kier molecular flexibility index (Phi) is 3.48. The summed E-state index contributed by atoms with van der Waals surface area (Å²) in [5.74, 6) is 0.308. The zero-order valence-corrected chi connectivity index (χ0v) is 10.5. The monoisotopic (exact) mass is 256 g/mol. The number of anilines is 1. The van der Waals surface area contributed by atoms with E-state index in [9.17, 15) is 4.79 Å². The number of para-hydroxylation sites is 1. The third-order valence-electron chi connectivity index (χ3n) is 2.64. The minimum Gasteiger partial charge on any atom is -0.496 e. The number of hydrogen-bond donors (Lipinski definition) is 2. The molecule has 0 atom stereocenters. The van der Waals surface area contributed by atoms with Crippen molar-refractivity contribution >= 4 is 11.7 Å². The molecular formula is C13H12N4O2. The molecule has 0 fully saturated rings. The molecule has 0 saturated carbocycles. The van der Waals surface area contributed by atoms with Crippen molar-refractivity contribution in [3.63, 3.8) is 0 Å². The van der Waals surface area contributed by atoms with Crippen LogP contribution in [0.15, 0.2) is 24.3 Å². The van der Waals surface area contributed by atoms with Crippen LogP contribution in [0.3, 0.4) is 0 Å². The Hall–Kier alpha value is -2.81. The van der Waals surface area contributed by atoms with E-state index in [0.29, 0.717) is 22.6 Å². The van der Waals surface area contributed by atoms with Gasteiger partial charge in [-0.2, -0.15) is 10.4 Å². The number of amides is 1. The molecule has 2 N–H and O–H groups in total. The number of aromatic amines is 1. The maximum absolute atomic E-state index is 12.1. The number of ether oxygens (including phenoxy) is 1. The average molecular weight is 256 g/mol. The van der Waals surface area contributed by atoms with E-state index in [-0.39, 0.29) is 11.7 Å². The molecule has 0 unspecified atom stereocenters. The summed E-state index contributed by atoms with van der Waals surface area (Å²) < 4.78 is 5.11. The summed E-state index contributed by atoms with van der Waals surface area (Å²) in [4.78, 5) is 12.1. The van der Waals surface area contributed by atoms with Crippen molar-refractivity contribution in [3.8, 4) is 11.8 Å². The van der Waals surface area contributed by atoms with Crippen molar-refractivity contribution in [1.82, 2.24) is 10.2 Å². The first-order valence-electron chi connectivity index (χ1n) is 5.56. The molecule has 0 aliphatic heterocycles. The molecule has 0 aliphatic rings. The Bertz CT molecular complexity index is 655. The third kappa shape index (κ3) is 2.40. The molecule has 1 aromatic carbocycles. The molecule has 0 aliphatic carbocycles. The Morgan fingerprint density at radius 3 is 2.89 bits per heavy atom. The van der Waals surface area contributed by atoms with Crippen LogP contribution in [-0.4, -0.2) is 23.2 Å². The number of aromatic nitrogens is 2. The summed E-state index contributed by atoms with van der Waals surface area (Å²) in [6, 6.07) is 8.83. The van der Waals surface area contributed by atoms with Gasteiger partial charge in [-0.25, -0.2) is 0 Å². The van der Waals surface area contributed by atoms with E-state index in [1.807, 2.05) is 6.07 Å². The van der Waals surface area contributed by atoms with Gasteiger partial charge in [0, 0.05) is 0 Å². The van der Waals surface area contributed by atoms with Crippen molar-refractivity contribution in [2.75, 3.05) is 12.4 Å². The summed E-state index contributed by atoms with van der Waals surface area (Å²) in [5, 5.41) is 18.1. The van der Waals surface area contributed by atoms with E-state index in [4.69, 9.17) is 10.00 Å². The van der Waals surface area contributed by atoms with E-state index < -0.39 is 0 Å². The molecule has 1 heterocycles. The van der Waals surface area contributed by atoms with Crippen LogP contribution in [0.25, 0.3) is 0 Å². The topological polar surface area (TPSA) is 90.8 Å². The summed E-state index contributed by atoms with van der Waals surface area (Å²) in [7, 11) is 1.49. The van der Waals surface area contributed by atoms with Crippen LogP contribution in [-0.2, 0) is 0 Å². The van der Waals surface area contributed by atoms with Crippen LogP contribution in [0.4, 0.5) is 5.82 Å². The summed E-state index contributed by atoms with van der Waals surface area (Å²) >= 11 is 0. The second-order valence-corrected chi connectivity index (χ2v) is 3.84. The molecule has 0 bridgehead atoms. The lowest BCUT2D eigenvalue weighted by molar-refractivity contribution is 0.102. The van der Waals surface area contributed by atoms with Gasteiger partial charge in [0.05, 0.1) is 18.4 Å². The quantitative estimate of drug-likeness (QED) is 0.876. The zero-order valence-electron chi connectivity index (χ0n) is 10.5. The van der Waals surface area contributed by atoms with E-state index >= 15 is 0 Å². The second kappa shape index (κ2) is 5.23. The Morgan fingerprint density at radius 2 is 2.21 bits per heavy atom. The fourth-order valence-electron chi connectivity index (χ4n) is 1.66. The molecule has 96 valence electrons. The number of benzene rings is 1. The number of hydrogen-bond acceptors (Lipinski definition) is 4. The third-order valence-corrected chi connectivity index (χ3v) is 2.64. The average Bonchev–Trinajstić information content (AvgIpc) is 2.78. The predicted octanol–water partition coefficient (Wildman–Crippen LogP) is 1.85. The van der Waals surface area contributed by atoms with Crippen LogP contribution in [0.5, 0.6) is 5.75 Å². The molecule has 2 aromatic rings. The highest BCUT2D eigenvalue weighted by Gasteiger charge is 2.16. The van der Waals surface area contributed by atoms with Crippen molar-refractivity contribution < 1.29 is 9.53 Å². The van der Waals surface area contributed by atoms with Crippen molar-refractivity contribution in [3.05, 3.63) is 41.1 Å². The van der Waals surface area contributed by atoms with Crippen molar-refractivity contribution in [2.24, 2.45) is 0 Å². The normalized spacial score (nSPS) is 9.74. The first kappa shape index (κ1) is 12.6. The van der Waals surface area contributed by atoms with Crippen molar-refractivity contribution in [1.29, 1.82) is 5.26 Å². The van der Waals surface area contributed by atoms with Crippen LogP contribution >= 0.6 is 0 Å². The number of methoxy groups -OCH3 is 1. The molecule has 0 spiro atoms. The summed E-state index contributed by atoms with van der Waals surface area (Å²) in [6.07, 6.45) is 0. The minimum atomic E-state index is -0.375. The van der Waals surface area contributed by atoms with Crippen LogP contribution < -0.4 is 10.1 Å². The number of carbonyl (C=O) groups excluding carboxylic acids is 1. The number of nitrogens with one attached hydrogen (secondary N) is 2. The minimum absolute atomic E-state index is 0.218. The fraction of sp³-hybridized carbons (Fsp3) is 0.154. The number of H-pyrrole nitrogens is 1. The van der Waals surface area contributed by atoms with Crippen LogP contribution in [0.1, 0.15) is 21.6 Å². The molecule has 6 heteroatoms. The lowest BCUT2D eigenvalue weighted by Crippen LogP contribution is -2.14. The smallest absolute Gasteiger partial charge is 0.260 e. The fourth-order valence-corrected chi connectivity index (χ4v) is 1.66. The Balaban J connectivity index is 2.29. The van der Waals surface area contributed by atoms with E-state index in [0.717, 1.165) is 0 Å². The van der Waals surface area contributed by atoms with Gasteiger partial charge >= 0.3 is 0 Å². The van der Waals surface area contributed by atoms with Gasteiger partial charge in [0.1, 0.15) is 17.4 Å². The molecule has 2 rings (SSSR count). The predicted molar refractivity (Wildman–Crippen MR) is 69.0 cm³/mol. The highest BCUT2D eigenvalue weighted by atomic mass is 16.5. The number of aryl methyl sites for hydroxylation is 1. The maximum atomic E-state index is 12.1. The maximum Gasteiger partial charge on any atom is 0.260 e. The Morgan fingerprint density at radius 1 is 1.47 bits per heavy atom. The summed E-state index contributed by atoms with van der Waals surface area (Å²) in [5.41, 5.74) is 1.32. The second-order valence-electron chi connectivity index (χ2n) is 3.84. The number of nitriles is 1. The number of nitrogens with zero attached hydrogens (tertiary/aromatic N) is 2. The van der Waals surface area contributed by atoms with Crippen LogP contribution in [0, 0.1) is 18.3 Å². The van der Waals surface area contributed by atoms with Gasteiger partial charge in [-0.15, -0.1) is 0 Å². The molecule has 0 radical (unpaired) electrons. The van der Waals surface area contributed by atoms with Crippen LogP contribution in [0.2, 0.25) is 0 Å². The van der Waals surface area contributed by atoms with Gasteiger partial charge in [-0.05, 0) is 19.1 Å². The van der Waals surface area contributed by atoms with Gasteiger partial charge in [0.25, 0.3) is 5.91 Å². The van der Waals surface area contributed by atoms with Gasteiger partial charge in [-0.1, -0.05) is 12.1 Å². The molecule has 1 amide bonds. The zero-order chi connectivity index (χ0) is 13.8. The molecular weight excluding hydrogens is 244 g/mol. The summed E-state index contributed by atoms with van der Waals surface area (Å²) in [6.45, 7) is 1.71. The number of carbonyl (C=O) groups is 1. The molecule has 6 nitrogen and oxygen atoms in total. The lowest BCUT2D eigenvalue weighted by atomic mass is 10.2. The van der Waals surface area contributed by atoms with Gasteiger partial charge in [-0.3, -0.25) is 9.89 Å². The van der Waals surface area contributed by atoms with E-state index in [2.05, 4.69) is 15.5 Å². The number of rotatable bonds is 3. The highest BCUT2D eigenvalue weighted by Crippen LogP contribution is 2.20. The molecule has 0 saturated heterocycles. The van der Waals surface area contributed by atoms with E-state index in [1.165, 1.54) is 7.11 Å². The SMILES string of the molecule is COc1ccccc1C(=O)Nc1n[nH]c(C)c1C#N.